The summed E-state index contributed by atoms with van der Waals surface area (Å²) >= 11 is 0. The van der Waals surface area contributed by atoms with Crippen molar-refractivity contribution in [2.24, 2.45) is 10.7 Å². The van der Waals surface area contributed by atoms with Crippen LogP contribution in [0.1, 0.15) is 17.0 Å². The average Bonchev–Trinajstić information content (AvgIpc) is 3.29. The van der Waals surface area contributed by atoms with Crippen molar-refractivity contribution in [3.63, 3.8) is 0 Å². The first kappa shape index (κ1) is 16.9. The molecule has 0 spiro atoms. The molecule has 0 bridgehead atoms. The molecule has 1 aliphatic rings. The topological polar surface area (TPSA) is 129 Å². The molecule has 0 radical (unpaired) electrons. The van der Waals surface area contributed by atoms with E-state index in [0.717, 1.165) is 16.9 Å². The third kappa shape index (κ3) is 3.07. The van der Waals surface area contributed by atoms with Crippen LogP contribution in [0.2, 0.25) is 0 Å². The molecule has 0 amide bonds. The van der Waals surface area contributed by atoms with Gasteiger partial charge in [-0.3, -0.25) is 15.4 Å². The van der Waals surface area contributed by atoms with E-state index in [1.54, 1.807) is 25.7 Å². The molecule has 0 saturated carbocycles. The quantitative estimate of drug-likeness (QED) is 0.480. The predicted octanol–water partition coefficient (Wildman–Crippen LogP) is 0.468. The van der Waals surface area contributed by atoms with E-state index in [9.17, 15) is 5.11 Å². The number of rotatable bonds is 5. The fourth-order valence-electron chi connectivity index (χ4n) is 2.88. The Bertz CT molecular complexity index is 1040. The number of hydrazine groups is 2. The Morgan fingerprint density at radius 2 is 2.22 bits per heavy atom. The molecule has 3 aromatic heterocycles. The van der Waals surface area contributed by atoms with Crippen LogP contribution in [0, 0.1) is 0 Å². The van der Waals surface area contributed by atoms with Gasteiger partial charge in [-0.05, 0) is 11.6 Å². The maximum atomic E-state index is 9.44. The molecule has 27 heavy (non-hydrogen) atoms. The highest BCUT2D eigenvalue weighted by Gasteiger charge is 2.23. The molecule has 0 saturated heterocycles. The van der Waals surface area contributed by atoms with E-state index in [4.69, 9.17) is 5.73 Å². The second kappa shape index (κ2) is 7.02. The summed E-state index contributed by atoms with van der Waals surface area (Å²) in [5, 5.41) is 11.3. The highest BCUT2D eigenvalue weighted by atomic mass is 16.3. The Hall–Kier alpha value is -3.50. The third-order valence-electron chi connectivity index (χ3n) is 4.21. The number of allylic oxidation sites excluding steroid dienone is 1. The van der Waals surface area contributed by atoms with Crippen LogP contribution < -0.4 is 21.7 Å². The Morgan fingerprint density at radius 1 is 1.33 bits per heavy atom. The molecule has 0 aliphatic carbocycles. The van der Waals surface area contributed by atoms with E-state index >= 15 is 0 Å². The smallest absolute Gasteiger partial charge is 0.190 e. The van der Waals surface area contributed by atoms with E-state index in [0.29, 0.717) is 29.4 Å². The van der Waals surface area contributed by atoms with Gasteiger partial charge in [0, 0.05) is 31.2 Å². The highest BCUT2D eigenvalue weighted by Crippen LogP contribution is 2.27. The van der Waals surface area contributed by atoms with E-state index < -0.39 is 0 Å². The number of nitrogens with one attached hydrogen (secondary N) is 2. The number of hydrogen-bond acceptors (Lipinski definition) is 9. The summed E-state index contributed by atoms with van der Waals surface area (Å²) < 4.78 is 1.87. The van der Waals surface area contributed by atoms with E-state index in [1.807, 2.05) is 27.7 Å². The summed E-state index contributed by atoms with van der Waals surface area (Å²) in [6, 6.07) is 3.89. The first-order chi connectivity index (χ1) is 13.2. The van der Waals surface area contributed by atoms with E-state index in [2.05, 4.69) is 30.9 Å². The first-order valence-electron chi connectivity index (χ1n) is 8.30. The number of pyridine rings is 1. The number of hydrogen-bond donors (Lipinski definition) is 4. The zero-order valence-corrected chi connectivity index (χ0v) is 14.7. The lowest BCUT2D eigenvalue weighted by Gasteiger charge is -2.17. The average molecular weight is 365 g/mol. The molecule has 4 heterocycles. The van der Waals surface area contributed by atoms with Gasteiger partial charge in [0.2, 0.25) is 0 Å². The van der Waals surface area contributed by atoms with Gasteiger partial charge >= 0.3 is 0 Å². The normalized spacial score (nSPS) is 14.1. The first-order valence-corrected chi connectivity index (χ1v) is 8.30. The number of anilines is 2. The Labute approximate surface area is 155 Å². The van der Waals surface area contributed by atoms with E-state index in [-0.39, 0.29) is 6.61 Å². The van der Waals surface area contributed by atoms with Crippen molar-refractivity contribution in [2.75, 3.05) is 17.5 Å². The predicted molar refractivity (Wildman–Crippen MR) is 103 cm³/mol. The number of nitrogens with two attached hydrogens (primary N) is 1. The number of imidazole rings is 1. The maximum Gasteiger partial charge on any atom is 0.190 e. The summed E-state index contributed by atoms with van der Waals surface area (Å²) in [4.78, 5) is 17.3. The van der Waals surface area contributed by atoms with Crippen molar-refractivity contribution in [3.05, 3.63) is 53.9 Å². The second-order valence-corrected chi connectivity index (χ2v) is 5.93. The lowest BCUT2D eigenvalue weighted by atomic mass is 10.2. The molecule has 10 nitrogen and oxygen atoms in total. The molecular weight excluding hydrogens is 346 g/mol. The SMILES string of the molecule is CN=CC(=CN)c1cnc2c(n1)N(Cc1ccc3ncc(CO)n3c1)NN2. The summed E-state index contributed by atoms with van der Waals surface area (Å²) in [6.45, 7) is 0.458. The Kier molecular flexibility index (Phi) is 4.40. The van der Waals surface area contributed by atoms with Gasteiger partial charge in [-0.2, -0.15) is 0 Å². The number of aliphatic imine (C=N–C) groups is 1. The lowest BCUT2D eigenvalue weighted by Crippen LogP contribution is -2.35. The largest absolute Gasteiger partial charge is 0.404 e. The number of aliphatic hydroxyl groups excluding tert-OH is 1. The van der Waals surface area contributed by atoms with Gasteiger partial charge in [0.1, 0.15) is 5.65 Å². The van der Waals surface area contributed by atoms with Crippen molar-refractivity contribution < 1.29 is 5.11 Å². The molecule has 3 aromatic rings. The van der Waals surface area contributed by atoms with Crippen LogP contribution in [0.3, 0.4) is 0 Å². The molecular formula is C17H19N9O. The minimum atomic E-state index is -0.0704. The summed E-state index contributed by atoms with van der Waals surface area (Å²) in [6.07, 6.45) is 8.34. The van der Waals surface area contributed by atoms with Crippen molar-refractivity contribution >= 4 is 29.1 Å². The minimum absolute atomic E-state index is 0.0704. The van der Waals surface area contributed by atoms with Gasteiger partial charge in [0.25, 0.3) is 0 Å². The standard InChI is InChI=1S/C17H19N9O/c1-19-5-12(4-18)14-7-21-16-17(22-14)26(24-23-16)9-11-2-3-15-20-6-13(10-27)25(15)8-11/h2-8,24,27H,9-10,18H2,1H3,(H,21,23). The van der Waals surface area contributed by atoms with Crippen LogP contribution in [0.25, 0.3) is 11.2 Å². The van der Waals surface area contributed by atoms with Gasteiger partial charge < -0.3 is 15.2 Å². The lowest BCUT2D eigenvalue weighted by molar-refractivity contribution is 0.276. The summed E-state index contributed by atoms with van der Waals surface area (Å²) in [5.41, 5.74) is 15.6. The summed E-state index contributed by atoms with van der Waals surface area (Å²) in [7, 11) is 1.67. The van der Waals surface area contributed by atoms with Crippen molar-refractivity contribution in [3.8, 4) is 0 Å². The molecule has 0 atom stereocenters. The number of aromatic nitrogens is 4. The van der Waals surface area contributed by atoms with Crippen molar-refractivity contribution in [1.82, 2.24) is 24.9 Å². The van der Waals surface area contributed by atoms with Crippen molar-refractivity contribution in [1.29, 1.82) is 0 Å². The van der Waals surface area contributed by atoms with Gasteiger partial charge in [0.15, 0.2) is 11.6 Å². The molecule has 0 unspecified atom stereocenters. The van der Waals surface area contributed by atoms with Crippen LogP contribution in [0.5, 0.6) is 0 Å². The molecule has 138 valence electrons. The van der Waals surface area contributed by atoms with Crippen LogP contribution in [0.4, 0.5) is 11.6 Å². The Balaban J connectivity index is 1.64. The van der Waals surface area contributed by atoms with Crippen LogP contribution in [-0.4, -0.2) is 37.7 Å². The zero-order valence-electron chi connectivity index (χ0n) is 14.7. The molecule has 5 N–H and O–H groups in total. The van der Waals surface area contributed by atoms with Crippen molar-refractivity contribution in [2.45, 2.75) is 13.2 Å². The Morgan fingerprint density at radius 3 is 3.00 bits per heavy atom. The van der Waals surface area contributed by atoms with Crippen LogP contribution in [0.15, 0.2) is 41.9 Å². The fourth-order valence-corrected chi connectivity index (χ4v) is 2.88. The van der Waals surface area contributed by atoms with Gasteiger partial charge in [-0.15, -0.1) is 5.53 Å². The second-order valence-electron chi connectivity index (χ2n) is 5.93. The maximum absolute atomic E-state index is 9.44. The van der Waals surface area contributed by atoms with Gasteiger partial charge in [-0.1, -0.05) is 6.07 Å². The molecule has 0 fully saturated rings. The zero-order chi connectivity index (χ0) is 18.8. The van der Waals surface area contributed by atoms with Gasteiger partial charge in [0.05, 0.1) is 36.9 Å². The summed E-state index contributed by atoms with van der Waals surface area (Å²) in [5.74, 6) is 1.28. The molecule has 0 aromatic carbocycles. The van der Waals surface area contributed by atoms with Gasteiger partial charge in [-0.25, -0.2) is 15.0 Å². The third-order valence-corrected chi connectivity index (χ3v) is 4.21. The molecule has 10 heteroatoms. The minimum Gasteiger partial charge on any atom is -0.404 e. The van der Waals surface area contributed by atoms with Crippen LogP contribution >= 0.6 is 0 Å². The fraction of sp³-hybridized carbons (Fsp3) is 0.176. The van der Waals surface area contributed by atoms with E-state index in [1.165, 1.54) is 6.20 Å². The number of fused-ring (bicyclic) bond motifs is 2. The number of nitrogens with zero attached hydrogens (tertiary/aromatic N) is 6. The monoisotopic (exact) mass is 365 g/mol. The number of aliphatic hydroxyl groups is 1. The molecule has 4 rings (SSSR count). The highest BCUT2D eigenvalue weighted by molar-refractivity contribution is 6.08. The molecule has 1 aliphatic heterocycles. The van der Waals surface area contributed by atoms with Crippen LogP contribution in [-0.2, 0) is 13.2 Å².